The molecule has 0 spiro atoms. The van der Waals surface area contributed by atoms with Crippen molar-refractivity contribution in [3.63, 3.8) is 0 Å². The van der Waals surface area contributed by atoms with Gasteiger partial charge >= 0.3 is 0 Å². The quantitative estimate of drug-likeness (QED) is 0.268. The van der Waals surface area contributed by atoms with Gasteiger partial charge < -0.3 is 15.7 Å². The molecule has 3 N–H and O–H groups in total. The number of oxime groups is 1. The van der Waals surface area contributed by atoms with Gasteiger partial charge in [0.25, 0.3) is 0 Å². The van der Waals surface area contributed by atoms with Crippen LogP contribution in [0, 0.1) is 0 Å². The van der Waals surface area contributed by atoms with Crippen LogP contribution in [0.3, 0.4) is 0 Å². The van der Waals surface area contributed by atoms with Gasteiger partial charge in [0, 0.05) is 26.1 Å². The van der Waals surface area contributed by atoms with E-state index in [2.05, 4.69) is 5.16 Å². The summed E-state index contributed by atoms with van der Waals surface area (Å²) < 4.78 is 30.2. The molecule has 0 unspecified atom stereocenters. The molecule has 1 aliphatic carbocycles. The summed E-state index contributed by atoms with van der Waals surface area (Å²) in [5.41, 5.74) is 5.34. The van der Waals surface area contributed by atoms with Crippen LogP contribution >= 0.6 is 0 Å². The van der Waals surface area contributed by atoms with Crippen molar-refractivity contribution in [2.24, 2.45) is 10.9 Å². The first-order valence-electron chi connectivity index (χ1n) is 5.46. The molecule has 0 aromatic heterocycles. The Hall–Kier alpha value is -0.860. The Labute approximate surface area is 101 Å². The lowest BCUT2D eigenvalue weighted by atomic mass is 10.4. The molecule has 1 saturated carbocycles. The van der Waals surface area contributed by atoms with Crippen LogP contribution in [0.15, 0.2) is 5.16 Å². The van der Waals surface area contributed by atoms with Crippen molar-refractivity contribution in [1.82, 2.24) is 4.31 Å². The normalized spacial score (nSPS) is 17.6. The largest absolute Gasteiger partial charge is 0.409 e. The third-order valence-corrected chi connectivity index (χ3v) is 4.45. The van der Waals surface area contributed by atoms with E-state index in [0.29, 0.717) is 0 Å². The van der Waals surface area contributed by atoms with Crippen LogP contribution in [0.5, 0.6) is 0 Å². The van der Waals surface area contributed by atoms with E-state index in [1.165, 1.54) is 11.4 Å². The van der Waals surface area contributed by atoms with Crippen LogP contribution in [0.1, 0.15) is 19.3 Å². The molecule has 0 radical (unpaired) electrons. The van der Waals surface area contributed by atoms with Crippen LogP contribution < -0.4 is 5.73 Å². The summed E-state index contributed by atoms with van der Waals surface area (Å²) in [6, 6.07) is 0.0725. The van der Waals surface area contributed by atoms with E-state index in [1.807, 2.05) is 0 Å². The second-order valence-electron chi connectivity index (χ2n) is 3.99. The second kappa shape index (κ2) is 6.18. The Balaban J connectivity index is 2.59. The maximum absolute atomic E-state index is 12.0. The molecule has 0 bridgehead atoms. The second-order valence-corrected chi connectivity index (χ2v) is 6.03. The maximum Gasteiger partial charge on any atom is 0.216 e. The average molecular weight is 265 g/mol. The van der Waals surface area contributed by atoms with Gasteiger partial charge in [-0.25, -0.2) is 8.42 Å². The summed E-state index contributed by atoms with van der Waals surface area (Å²) in [4.78, 5) is 0. The van der Waals surface area contributed by atoms with Gasteiger partial charge in [-0.05, 0) is 12.8 Å². The number of nitrogens with zero attached hydrogens (tertiary/aromatic N) is 2. The van der Waals surface area contributed by atoms with Gasteiger partial charge in [-0.1, -0.05) is 5.16 Å². The molecular formula is C9H19N3O4S. The molecule has 17 heavy (non-hydrogen) atoms. The first-order valence-corrected chi connectivity index (χ1v) is 7.07. The topological polar surface area (TPSA) is 105 Å². The van der Waals surface area contributed by atoms with Crippen molar-refractivity contribution in [2.45, 2.75) is 25.3 Å². The van der Waals surface area contributed by atoms with Crippen LogP contribution in [-0.2, 0) is 14.8 Å². The number of hydrogen-bond acceptors (Lipinski definition) is 5. The van der Waals surface area contributed by atoms with Gasteiger partial charge in [-0.15, -0.1) is 0 Å². The summed E-state index contributed by atoms with van der Waals surface area (Å²) in [6.07, 6.45) is 1.99. The highest BCUT2D eigenvalue weighted by Gasteiger charge is 2.36. The molecule has 1 aliphatic rings. The highest BCUT2D eigenvalue weighted by molar-refractivity contribution is 7.89. The molecule has 7 nitrogen and oxygen atoms in total. The predicted molar refractivity (Wildman–Crippen MR) is 63.4 cm³/mol. The number of rotatable bonds is 8. The van der Waals surface area contributed by atoms with Gasteiger partial charge in [-0.3, -0.25) is 0 Å². The Kier molecular flexibility index (Phi) is 5.16. The van der Waals surface area contributed by atoms with Gasteiger partial charge in [0.05, 0.1) is 12.4 Å². The van der Waals surface area contributed by atoms with Crippen LogP contribution in [0.25, 0.3) is 0 Å². The van der Waals surface area contributed by atoms with Gasteiger partial charge in [0.15, 0.2) is 0 Å². The number of methoxy groups -OCH3 is 1. The lowest BCUT2D eigenvalue weighted by molar-refractivity contribution is 0.215. The maximum atomic E-state index is 12.0. The lowest BCUT2D eigenvalue weighted by Gasteiger charge is -2.21. The minimum atomic E-state index is -3.31. The van der Waals surface area contributed by atoms with Crippen molar-refractivity contribution in [3.8, 4) is 0 Å². The Morgan fingerprint density at radius 2 is 2.24 bits per heavy atom. The van der Waals surface area contributed by atoms with Gasteiger partial charge in [-0.2, -0.15) is 4.31 Å². The van der Waals surface area contributed by atoms with Crippen molar-refractivity contribution in [2.75, 3.05) is 26.0 Å². The molecule has 1 rings (SSSR count). The Bertz CT molecular complexity index is 364. The fourth-order valence-electron chi connectivity index (χ4n) is 1.49. The van der Waals surface area contributed by atoms with Crippen LogP contribution in [0.2, 0.25) is 0 Å². The number of hydrogen-bond donors (Lipinski definition) is 2. The number of nitrogens with two attached hydrogens (primary N) is 1. The molecule has 0 atom stereocenters. The first-order chi connectivity index (χ1) is 8.01. The fourth-order valence-corrected chi connectivity index (χ4v) is 3.14. The first kappa shape index (κ1) is 14.2. The Morgan fingerprint density at radius 3 is 2.71 bits per heavy atom. The van der Waals surface area contributed by atoms with E-state index in [0.717, 1.165) is 12.8 Å². The Morgan fingerprint density at radius 1 is 1.59 bits per heavy atom. The molecule has 0 amide bonds. The van der Waals surface area contributed by atoms with E-state index < -0.39 is 10.0 Å². The molecular weight excluding hydrogens is 246 g/mol. The average Bonchev–Trinajstić information content (AvgIpc) is 3.10. The monoisotopic (exact) mass is 265 g/mol. The molecule has 8 heteroatoms. The molecule has 100 valence electrons. The highest BCUT2D eigenvalue weighted by atomic mass is 32.2. The van der Waals surface area contributed by atoms with Crippen molar-refractivity contribution >= 4 is 15.9 Å². The summed E-state index contributed by atoms with van der Waals surface area (Å²) >= 11 is 0. The SMILES string of the molecule is COCCS(=O)(=O)N(CC/C(N)=N/O)C1CC1. The molecule has 0 saturated heterocycles. The third kappa shape index (κ3) is 4.49. The van der Waals surface area contributed by atoms with E-state index in [9.17, 15) is 8.42 Å². The summed E-state index contributed by atoms with van der Waals surface area (Å²) in [5, 5.41) is 11.3. The lowest BCUT2D eigenvalue weighted by Crippen LogP contribution is -2.38. The minimum Gasteiger partial charge on any atom is -0.409 e. The fraction of sp³-hybridized carbons (Fsp3) is 0.889. The minimum absolute atomic E-state index is 0.0316. The van der Waals surface area contributed by atoms with Gasteiger partial charge in [0.1, 0.15) is 5.84 Å². The van der Waals surface area contributed by atoms with Crippen LogP contribution in [0.4, 0.5) is 0 Å². The zero-order chi connectivity index (χ0) is 12.9. The molecule has 0 aromatic rings. The predicted octanol–water partition coefficient (Wildman–Crippen LogP) is -0.436. The van der Waals surface area contributed by atoms with Crippen molar-refractivity contribution in [1.29, 1.82) is 0 Å². The number of amidine groups is 1. The molecule has 0 heterocycles. The van der Waals surface area contributed by atoms with E-state index in [4.69, 9.17) is 15.7 Å². The van der Waals surface area contributed by atoms with Crippen molar-refractivity contribution in [3.05, 3.63) is 0 Å². The summed E-state index contributed by atoms with van der Waals surface area (Å²) in [6.45, 7) is 0.432. The number of sulfonamides is 1. The van der Waals surface area contributed by atoms with E-state index >= 15 is 0 Å². The third-order valence-electron chi connectivity index (χ3n) is 2.57. The van der Waals surface area contributed by atoms with E-state index in [1.54, 1.807) is 0 Å². The zero-order valence-corrected chi connectivity index (χ0v) is 10.7. The van der Waals surface area contributed by atoms with Gasteiger partial charge in [0.2, 0.25) is 10.0 Å². The van der Waals surface area contributed by atoms with Crippen molar-refractivity contribution < 1.29 is 18.4 Å². The molecule has 1 fully saturated rings. The highest BCUT2D eigenvalue weighted by Crippen LogP contribution is 2.29. The number of ether oxygens (including phenoxy) is 1. The zero-order valence-electron chi connectivity index (χ0n) is 9.87. The summed E-state index contributed by atoms with van der Waals surface area (Å²) in [5.74, 6) is 0.00786. The summed E-state index contributed by atoms with van der Waals surface area (Å²) in [7, 11) is -1.84. The standard InChI is InChI=1S/C9H19N3O4S/c1-16-6-7-17(14,15)12(8-2-3-8)5-4-9(10)11-13/h8,13H,2-7H2,1H3,(H2,10,11). The molecule has 0 aliphatic heterocycles. The molecule has 0 aromatic carbocycles. The smallest absolute Gasteiger partial charge is 0.216 e. The van der Waals surface area contributed by atoms with E-state index in [-0.39, 0.29) is 37.2 Å². The van der Waals surface area contributed by atoms with Crippen LogP contribution in [-0.4, -0.2) is 55.8 Å².